The number of carbonyl (C=O) groups is 1. The highest BCUT2D eigenvalue weighted by atomic mass is 16.6. The molecule has 1 amide bonds. The standard InChI is InChI=1S/C11H16N4O4/c1-8-2-4-13(6-9(8)16)11(17)7-14-5-3-10(12-14)15(18)19/h3,5,8-9,16H,2,4,6-7H2,1H3. The minimum atomic E-state index is -0.604. The van der Waals surface area contributed by atoms with E-state index in [4.69, 9.17) is 0 Å². The van der Waals surface area contributed by atoms with Crippen LogP contribution in [0.4, 0.5) is 5.82 Å². The van der Waals surface area contributed by atoms with Gasteiger partial charge >= 0.3 is 5.82 Å². The maximum absolute atomic E-state index is 12.0. The third-order valence-corrected chi connectivity index (χ3v) is 3.38. The van der Waals surface area contributed by atoms with Crippen LogP contribution >= 0.6 is 0 Å². The van der Waals surface area contributed by atoms with E-state index in [0.29, 0.717) is 13.1 Å². The smallest absolute Gasteiger partial charge is 0.389 e. The van der Waals surface area contributed by atoms with Crippen molar-refractivity contribution in [3.8, 4) is 0 Å². The van der Waals surface area contributed by atoms with Gasteiger partial charge < -0.3 is 20.1 Å². The first kappa shape index (κ1) is 13.5. The Bertz CT molecular complexity index is 487. The molecule has 0 aliphatic carbocycles. The number of nitrogens with zero attached hydrogens (tertiary/aromatic N) is 4. The summed E-state index contributed by atoms with van der Waals surface area (Å²) < 4.78 is 1.24. The largest absolute Gasteiger partial charge is 0.391 e. The molecule has 2 heterocycles. The summed E-state index contributed by atoms with van der Waals surface area (Å²) in [7, 11) is 0. The molecule has 1 saturated heterocycles. The third-order valence-electron chi connectivity index (χ3n) is 3.38. The van der Waals surface area contributed by atoms with Gasteiger partial charge in [-0.2, -0.15) is 4.68 Å². The van der Waals surface area contributed by atoms with E-state index in [0.717, 1.165) is 6.42 Å². The van der Waals surface area contributed by atoms with E-state index < -0.39 is 11.0 Å². The molecule has 19 heavy (non-hydrogen) atoms. The summed E-state index contributed by atoms with van der Waals surface area (Å²) in [5, 5.41) is 23.9. The topological polar surface area (TPSA) is 102 Å². The minimum Gasteiger partial charge on any atom is -0.391 e. The molecule has 104 valence electrons. The summed E-state index contributed by atoms with van der Waals surface area (Å²) in [6, 6.07) is 1.25. The van der Waals surface area contributed by atoms with Crippen LogP contribution < -0.4 is 0 Å². The van der Waals surface area contributed by atoms with Gasteiger partial charge in [0.1, 0.15) is 6.54 Å². The average Bonchev–Trinajstić information content (AvgIpc) is 2.81. The van der Waals surface area contributed by atoms with Crippen molar-refractivity contribution in [2.75, 3.05) is 13.1 Å². The van der Waals surface area contributed by atoms with E-state index in [-0.39, 0.29) is 24.2 Å². The van der Waals surface area contributed by atoms with Crippen LogP contribution in [0.15, 0.2) is 12.3 Å². The Balaban J connectivity index is 1.95. The number of β-amino-alcohol motifs (C(OH)–C–C–N with tert-alkyl or cyclic N) is 1. The molecule has 8 nitrogen and oxygen atoms in total. The molecule has 8 heteroatoms. The second-order valence-corrected chi connectivity index (χ2v) is 4.80. The molecule has 0 aromatic carbocycles. The second kappa shape index (κ2) is 5.35. The fraction of sp³-hybridized carbons (Fsp3) is 0.636. The first-order valence-corrected chi connectivity index (χ1v) is 6.11. The molecular formula is C11H16N4O4. The first-order valence-electron chi connectivity index (χ1n) is 6.11. The van der Waals surface area contributed by atoms with Crippen LogP contribution in [0.3, 0.4) is 0 Å². The molecule has 2 rings (SSSR count). The lowest BCUT2D eigenvalue weighted by Gasteiger charge is -2.34. The van der Waals surface area contributed by atoms with Crippen molar-refractivity contribution < 1.29 is 14.8 Å². The lowest BCUT2D eigenvalue weighted by atomic mass is 9.96. The molecule has 1 aliphatic heterocycles. The first-order chi connectivity index (χ1) is 8.97. The van der Waals surface area contributed by atoms with E-state index in [2.05, 4.69) is 5.10 Å². The van der Waals surface area contributed by atoms with Gasteiger partial charge in [0.05, 0.1) is 23.5 Å². The predicted molar refractivity (Wildman–Crippen MR) is 65.2 cm³/mol. The number of aliphatic hydroxyl groups excluding tert-OH is 1. The fourth-order valence-electron chi connectivity index (χ4n) is 2.05. The summed E-state index contributed by atoms with van der Waals surface area (Å²) in [6.07, 6.45) is 1.65. The van der Waals surface area contributed by atoms with Crippen molar-refractivity contribution in [3.05, 3.63) is 22.4 Å². The fourth-order valence-corrected chi connectivity index (χ4v) is 2.05. The molecule has 0 saturated carbocycles. The van der Waals surface area contributed by atoms with E-state index in [1.807, 2.05) is 6.92 Å². The normalized spacial score (nSPS) is 23.4. The molecule has 1 aliphatic rings. The van der Waals surface area contributed by atoms with Crippen LogP contribution in [-0.4, -0.2) is 49.8 Å². The molecule has 1 aromatic heterocycles. The van der Waals surface area contributed by atoms with Crippen molar-refractivity contribution in [1.82, 2.24) is 14.7 Å². The zero-order valence-corrected chi connectivity index (χ0v) is 10.6. The van der Waals surface area contributed by atoms with Crippen LogP contribution in [-0.2, 0) is 11.3 Å². The van der Waals surface area contributed by atoms with Crippen LogP contribution in [0.25, 0.3) is 0 Å². The van der Waals surface area contributed by atoms with Crippen molar-refractivity contribution >= 4 is 11.7 Å². The van der Waals surface area contributed by atoms with Crippen LogP contribution in [0, 0.1) is 16.0 Å². The van der Waals surface area contributed by atoms with Gasteiger partial charge in [-0.1, -0.05) is 6.92 Å². The van der Waals surface area contributed by atoms with Crippen molar-refractivity contribution in [2.45, 2.75) is 26.0 Å². The number of nitro groups is 1. The van der Waals surface area contributed by atoms with Gasteiger partial charge in [-0.15, -0.1) is 0 Å². The summed E-state index contributed by atoms with van der Waals surface area (Å²) in [5.41, 5.74) is 0. The Morgan fingerprint density at radius 2 is 2.42 bits per heavy atom. The summed E-state index contributed by atoms with van der Waals surface area (Å²) in [5.74, 6) is -0.279. The van der Waals surface area contributed by atoms with Gasteiger partial charge in [-0.05, 0) is 17.3 Å². The zero-order chi connectivity index (χ0) is 14.0. The van der Waals surface area contributed by atoms with Gasteiger partial charge in [-0.25, -0.2) is 0 Å². The number of hydrogen-bond acceptors (Lipinski definition) is 5. The molecule has 0 bridgehead atoms. The van der Waals surface area contributed by atoms with E-state index in [9.17, 15) is 20.0 Å². The van der Waals surface area contributed by atoms with Crippen LogP contribution in [0.2, 0.25) is 0 Å². The Kier molecular flexibility index (Phi) is 3.79. The average molecular weight is 268 g/mol. The number of piperidine rings is 1. The number of aromatic nitrogens is 2. The van der Waals surface area contributed by atoms with Gasteiger partial charge in [-0.3, -0.25) is 4.79 Å². The highest BCUT2D eigenvalue weighted by molar-refractivity contribution is 5.76. The van der Waals surface area contributed by atoms with E-state index in [1.165, 1.54) is 16.9 Å². The maximum atomic E-state index is 12.0. The SMILES string of the molecule is CC1CCN(C(=O)Cn2ccc([N+](=O)[O-])n2)CC1O. The molecule has 1 N–H and O–H groups in total. The van der Waals surface area contributed by atoms with Crippen LogP contribution in [0.1, 0.15) is 13.3 Å². The van der Waals surface area contributed by atoms with E-state index in [1.54, 1.807) is 4.90 Å². The van der Waals surface area contributed by atoms with Gasteiger partial charge in [0, 0.05) is 13.1 Å². The molecule has 0 spiro atoms. The molecule has 2 atom stereocenters. The summed E-state index contributed by atoms with van der Waals surface area (Å²) in [6.45, 7) is 2.81. The van der Waals surface area contributed by atoms with Gasteiger partial charge in [0.15, 0.2) is 0 Å². The Morgan fingerprint density at radius 3 is 3.00 bits per heavy atom. The Labute approximate surface area is 109 Å². The number of carbonyl (C=O) groups excluding carboxylic acids is 1. The quantitative estimate of drug-likeness (QED) is 0.615. The molecule has 0 radical (unpaired) electrons. The second-order valence-electron chi connectivity index (χ2n) is 4.80. The Hall–Kier alpha value is -1.96. The predicted octanol–water partition coefficient (Wildman–Crippen LogP) is 0.0206. The lowest BCUT2D eigenvalue weighted by molar-refractivity contribution is -0.389. The van der Waals surface area contributed by atoms with Crippen molar-refractivity contribution in [2.24, 2.45) is 5.92 Å². The molecular weight excluding hydrogens is 252 g/mol. The van der Waals surface area contributed by atoms with Crippen molar-refractivity contribution in [1.29, 1.82) is 0 Å². The number of hydrogen-bond donors (Lipinski definition) is 1. The third kappa shape index (κ3) is 3.08. The number of rotatable bonds is 3. The number of amides is 1. The van der Waals surface area contributed by atoms with Gasteiger partial charge in [0.25, 0.3) is 0 Å². The van der Waals surface area contributed by atoms with Crippen molar-refractivity contribution in [3.63, 3.8) is 0 Å². The number of aliphatic hydroxyl groups is 1. The number of likely N-dealkylation sites (tertiary alicyclic amines) is 1. The molecule has 2 unspecified atom stereocenters. The monoisotopic (exact) mass is 268 g/mol. The summed E-state index contributed by atoms with van der Waals surface area (Å²) >= 11 is 0. The Morgan fingerprint density at radius 1 is 1.68 bits per heavy atom. The summed E-state index contributed by atoms with van der Waals surface area (Å²) in [4.78, 5) is 23.4. The molecule has 1 fully saturated rings. The highest BCUT2D eigenvalue weighted by Gasteiger charge is 2.27. The van der Waals surface area contributed by atoms with E-state index >= 15 is 0 Å². The lowest BCUT2D eigenvalue weighted by Crippen LogP contribution is -2.46. The maximum Gasteiger partial charge on any atom is 0.389 e. The highest BCUT2D eigenvalue weighted by Crippen LogP contribution is 2.17. The minimum absolute atomic E-state index is 0.0467. The molecule has 1 aromatic rings. The zero-order valence-electron chi connectivity index (χ0n) is 10.6. The van der Waals surface area contributed by atoms with Gasteiger partial charge in [0.2, 0.25) is 5.91 Å². The van der Waals surface area contributed by atoms with Crippen LogP contribution in [0.5, 0.6) is 0 Å².